The molecule has 34 heavy (non-hydrogen) atoms. The van der Waals surface area contributed by atoms with Crippen molar-refractivity contribution in [1.82, 2.24) is 5.43 Å². The Morgan fingerprint density at radius 1 is 1.03 bits per heavy atom. The summed E-state index contributed by atoms with van der Waals surface area (Å²) < 4.78 is 37.9. The number of amides is 1. The Kier molecular flexibility index (Phi) is 8.05. The van der Waals surface area contributed by atoms with Gasteiger partial charge in [-0.3, -0.25) is 9.10 Å². The number of nitrogens with zero attached hydrogens (tertiary/aromatic N) is 2. The van der Waals surface area contributed by atoms with Crippen molar-refractivity contribution in [3.63, 3.8) is 0 Å². The first kappa shape index (κ1) is 24.5. The molecule has 3 aromatic carbocycles. The van der Waals surface area contributed by atoms with E-state index in [0.717, 1.165) is 0 Å². The molecular weight excluding hydrogens is 454 g/mol. The number of methoxy groups -OCH3 is 2. The fraction of sp³-hybridized carbons (Fsp3) is 0.120. The third-order valence-corrected chi connectivity index (χ3v) is 6.66. The molecule has 9 heteroatoms. The molecule has 0 spiro atoms. The summed E-state index contributed by atoms with van der Waals surface area (Å²) in [6.45, 7) is 3.74. The van der Waals surface area contributed by atoms with Gasteiger partial charge in [0, 0.05) is 11.1 Å². The van der Waals surface area contributed by atoms with Crippen LogP contribution in [0, 0.1) is 0 Å². The average Bonchev–Trinajstić information content (AvgIpc) is 2.87. The Balaban J connectivity index is 1.76. The monoisotopic (exact) mass is 479 g/mol. The first-order valence-electron chi connectivity index (χ1n) is 10.2. The zero-order valence-electron chi connectivity index (χ0n) is 18.8. The van der Waals surface area contributed by atoms with Crippen LogP contribution in [0.3, 0.4) is 0 Å². The lowest BCUT2D eigenvalue weighted by molar-refractivity contribution is 0.0955. The van der Waals surface area contributed by atoms with Gasteiger partial charge >= 0.3 is 0 Å². The van der Waals surface area contributed by atoms with Crippen molar-refractivity contribution in [3.05, 3.63) is 96.6 Å². The van der Waals surface area contributed by atoms with Crippen LogP contribution in [0.1, 0.15) is 15.9 Å². The first-order valence-corrected chi connectivity index (χ1v) is 11.7. The van der Waals surface area contributed by atoms with Crippen molar-refractivity contribution < 1.29 is 22.7 Å². The predicted octanol–water partition coefficient (Wildman–Crippen LogP) is 3.85. The molecule has 1 amide bonds. The third-order valence-electron chi connectivity index (χ3n) is 4.85. The Morgan fingerprint density at radius 3 is 2.35 bits per heavy atom. The number of hydrogen-bond acceptors (Lipinski definition) is 6. The van der Waals surface area contributed by atoms with E-state index < -0.39 is 15.9 Å². The van der Waals surface area contributed by atoms with Gasteiger partial charge in [-0.05, 0) is 54.6 Å². The number of hydrazone groups is 1. The smallest absolute Gasteiger partial charge is 0.271 e. The van der Waals surface area contributed by atoms with Gasteiger partial charge in [-0.15, -0.1) is 6.58 Å². The summed E-state index contributed by atoms with van der Waals surface area (Å²) in [6.07, 6.45) is 2.95. The van der Waals surface area contributed by atoms with E-state index in [2.05, 4.69) is 17.1 Å². The van der Waals surface area contributed by atoms with Crippen molar-refractivity contribution in [1.29, 1.82) is 0 Å². The van der Waals surface area contributed by atoms with E-state index in [9.17, 15) is 13.2 Å². The lowest BCUT2D eigenvalue weighted by atomic mass is 10.2. The van der Waals surface area contributed by atoms with E-state index in [4.69, 9.17) is 9.47 Å². The topological polar surface area (TPSA) is 97.3 Å². The van der Waals surface area contributed by atoms with Crippen LogP contribution in [0.5, 0.6) is 11.5 Å². The minimum Gasteiger partial charge on any atom is -0.497 e. The van der Waals surface area contributed by atoms with Gasteiger partial charge in [-0.2, -0.15) is 5.10 Å². The first-order chi connectivity index (χ1) is 16.4. The molecule has 0 atom stereocenters. The molecule has 0 aliphatic carbocycles. The molecule has 0 aliphatic heterocycles. The molecule has 3 rings (SSSR count). The fourth-order valence-electron chi connectivity index (χ4n) is 3.12. The molecule has 0 saturated heterocycles. The van der Waals surface area contributed by atoms with E-state index in [0.29, 0.717) is 28.3 Å². The van der Waals surface area contributed by atoms with Gasteiger partial charge in [0.15, 0.2) is 0 Å². The quantitative estimate of drug-likeness (QED) is 0.271. The highest BCUT2D eigenvalue weighted by molar-refractivity contribution is 7.92. The number of benzene rings is 3. The van der Waals surface area contributed by atoms with Crippen molar-refractivity contribution in [2.75, 3.05) is 25.1 Å². The molecule has 3 aromatic rings. The van der Waals surface area contributed by atoms with E-state index in [1.54, 1.807) is 55.6 Å². The zero-order valence-corrected chi connectivity index (χ0v) is 19.7. The second-order valence-corrected chi connectivity index (χ2v) is 8.85. The Labute approximate surface area is 199 Å². The van der Waals surface area contributed by atoms with Crippen LogP contribution in [0.2, 0.25) is 0 Å². The van der Waals surface area contributed by atoms with Crippen LogP contribution < -0.4 is 19.2 Å². The molecule has 1 N–H and O–H groups in total. The van der Waals surface area contributed by atoms with Gasteiger partial charge < -0.3 is 9.47 Å². The van der Waals surface area contributed by atoms with Crippen LogP contribution in [-0.4, -0.2) is 41.3 Å². The van der Waals surface area contributed by atoms with Gasteiger partial charge in [0.1, 0.15) is 11.5 Å². The summed E-state index contributed by atoms with van der Waals surface area (Å²) in [5, 5.41) is 3.99. The van der Waals surface area contributed by atoms with Gasteiger partial charge in [0.2, 0.25) is 0 Å². The Hall–Kier alpha value is -4.11. The maximum absolute atomic E-state index is 13.1. The molecule has 0 bridgehead atoms. The second kappa shape index (κ2) is 11.2. The molecular formula is C25H25N3O5S. The van der Waals surface area contributed by atoms with Crippen LogP contribution in [0.15, 0.2) is 95.4 Å². The predicted molar refractivity (Wildman–Crippen MR) is 132 cm³/mol. The number of rotatable bonds is 10. The molecule has 0 aliphatic rings. The maximum atomic E-state index is 13.1. The van der Waals surface area contributed by atoms with Crippen LogP contribution >= 0.6 is 0 Å². The highest BCUT2D eigenvalue weighted by Crippen LogP contribution is 2.24. The number of carbonyl (C=O) groups excluding carboxylic acids is 1. The summed E-state index contributed by atoms with van der Waals surface area (Å²) in [5.74, 6) is 0.745. The van der Waals surface area contributed by atoms with Gasteiger partial charge in [0.05, 0.1) is 37.6 Å². The fourth-order valence-corrected chi connectivity index (χ4v) is 4.58. The van der Waals surface area contributed by atoms with Crippen molar-refractivity contribution in [2.24, 2.45) is 5.10 Å². The lowest BCUT2D eigenvalue weighted by Crippen LogP contribution is -2.31. The van der Waals surface area contributed by atoms with Gasteiger partial charge in [-0.25, -0.2) is 13.8 Å². The van der Waals surface area contributed by atoms with Gasteiger partial charge in [-0.1, -0.05) is 24.3 Å². The van der Waals surface area contributed by atoms with Crippen LogP contribution in [0.25, 0.3) is 0 Å². The van der Waals surface area contributed by atoms with E-state index >= 15 is 0 Å². The summed E-state index contributed by atoms with van der Waals surface area (Å²) in [4.78, 5) is 12.7. The normalized spacial score (nSPS) is 11.1. The van der Waals surface area contributed by atoms with Crippen molar-refractivity contribution in [2.45, 2.75) is 4.90 Å². The molecule has 176 valence electrons. The number of nitrogens with one attached hydrogen (secondary N) is 1. The number of sulfonamides is 1. The summed E-state index contributed by atoms with van der Waals surface area (Å²) in [6, 6.07) is 19.5. The minimum atomic E-state index is -3.79. The maximum Gasteiger partial charge on any atom is 0.271 e. The van der Waals surface area contributed by atoms with E-state index in [1.807, 2.05) is 0 Å². The molecule has 0 fully saturated rings. The van der Waals surface area contributed by atoms with Crippen molar-refractivity contribution >= 4 is 27.8 Å². The van der Waals surface area contributed by atoms with E-state index in [1.165, 1.54) is 48.0 Å². The third kappa shape index (κ3) is 5.62. The lowest BCUT2D eigenvalue weighted by Gasteiger charge is -2.23. The Bertz CT molecular complexity index is 1270. The minimum absolute atomic E-state index is 0.0788. The molecule has 0 unspecified atom stereocenters. The SMILES string of the molecule is C=CCN(c1ccc(C(=O)N/N=C\c2cc(OC)ccc2OC)cc1)S(=O)(=O)c1ccccc1. The number of ether oxygens (including phenoxy) is 2. The summed E-state index contributed by atoms with van der Waals surface area (Å²) in [7, 11) is -0.705. The Morgan fingerprint density at radius 2 is 1.74 bits per heavy atom. The molecule has 0 radical (unpaired) electrons. The van der Waals surface area contributed by atoms with Crippen LogP contribution in [0.4, 0.5) is 5.69 Å². The second-order valence-electron chi connectivity index (χ2n) is 6.99. The molecule has 0 heterocycles. The number of carbonyl (C=O) groups is 1. The standard InChI is InChI=1S/C25H25N3O5S/c1-4-16-28(34(30,31)23-8-6-5-7-9-23)21-12-10-19(11-13-21)25(29)27-26-18-20-17-22(32-2)14-15-24(20)33-3/h4-15,17-18H,1,16H2,2-3H3,(H,27,29)/b26-18-. The molecule has 8 nitrogen and oxygen atoms in total. The highest BCUT2D eigenvalue weighted by atomic mass is 32.2. The summed E-state index contributed by atoms with van der Waals surface area (Å²) >= 11 is 0. The zero-order chi connectivity index (χ0) is 24.6. The molecule has 0 aromatic heterocycles. The largest absolute Gasteiger partial charge is 0.497 e. The number of anilines is 1. The van der Waals surface area contributed by atoms with Crippen molar-refractivity contribution in [3.8, 4) is 11.5 Å². The van der Waals surface area contributed by atoms with Crippen LogP contribution in [-0.2, 0) is 10.0 Å². The molecule has 0 saturated carbocycles. The van der Waals surface area contributed by atoms with Gasteiger partial charge in [0.25, 0.3) is 15.9 Å². The van der Waals surface area contributed by atoms with E-state index in [-0.39, 0.29) is 11.4 Å². The highest BCUT2D eigenvalue weighted by Gasteiger charge is 2.23. The summed E-state index contributed by atoms with van der Waals surface area (Å²) in [5.41, 5.74) is 3.80. The number of hydrogen-bond donors (Lipinski definition) is 1. The average molecular weight is 480 g/mol.